The number of hydrogen-bond donors (Lipinski definition) is 0. The van der Waals surface area contributed by atoms with E-state index in [1.165, 1.54) is 25.0 Å². The van der Waals surface area contributed by atoms with Gasteiger partial charge in [0.15, 0.2) is 5.82 Å². The Bertz CT molecular complexity index is 1140. The summed E-state index contributed by atoms with van der Waals surface area (Å²) in [6.45, 7) is 5.13. The van der Waals surface area contributed by atoms with E-state index in [0.29, 0.717) is 41.8 Å². The van der Waals surface area contributed by atoms with Crippen LogP contribution < -0.4 is 0 Å². The highest BCUT2D eigenvalue weighted by Gasteiger charge is 2.45. The first-order valence-corrected chi connectivity index (χ1v) is 11.3. The number of hydrogen-bond acceptors (Lipinski definition) is 5. The Kier molecular flexibility index (Phi) is 5.10. The van der Waals surface area contributed by atoms with E-state index in [9.17, 15) is 9.18 Å². The highest BCUT2D eigenvalue weighted by molar-refractivity contribution is 5.96. The average Bonchev–Trinajstić information content (AvgIpc) is 3.36. The van der Waals surface area contributed by atoms with Gasteiger partial charge in [-0.05, 0) is 63.3 Å². The van der Waals surface area contributed by atoms with Crippen LogP contribution in [-0.4, -0.2) is 43.8 Å². The Balaban J connectivity index is 1.37. The highest BCUT2D eigenvalue weighted by Crippen LogP contribution is 2.47. The largest absolute Gasteiger partial charge is 0.338 e. The van der Waals surface area contributed by atoms with Gasteiger partial charge in [-0.1, -0.05) is 18.0 Å². The van der Waals surface area contributed by atoms with Crippen LogP contribution in [0.5, 0.6) is 0 Å². The van der Waals surface area contributed by atoms with Gasteiger partial charge in [0, 0.05) is 36.8 Å². The number of halogens is 1. The number of piperidine rings is 1. The molecule has 1 saturated heterocycles. The van der Waals surface area contributed by atoms with Crippen LogP contribution in [0.15, 0.2) is 28.8 Å². The lowest BCUT2D eigenvalue weighted by molar-refractivity contribution is 0.0644. The molecule has 5 rings (SSSR count). The van der Waals surface area contributed by atoms with E-state index in [2.05, 4.69) is 10.3 Å². The standard InChI is InChI=1S/C24H28FN5O2/c1-15-20(16(2)29(3)27-15)22(31)30-12-10-24(11-13-30,14-17-4-5-17)23-26-21(32-28-23)18-6-8-19(25)9-7-18/h6-9,17H,4-5,10-14H2,1-3H3. The summed E-state index contributed by atoms with van der Waals surface area (Å²) in [5, 5.41) is 8.76. The quantitative estimate of drug-likeness (QED) is 0.598. The molecule has 1 saturated carbocycles. The first-order valence-electron chi connectivity index (χ1n) is 11.3. The van der Waals surface area contributed by atoms with Gasteiger partial charge in [0.1, 0.15) is 5.82 Å². The van der Waals surface area contributed by atoms with Crippen molar-refractivity contribution in [3.05, 3.63) is 52.9 Å². The van der Waals surface area contributed by atoms with Crippen molar-refractivity contribution < 1.29 is 13.7 Å². The third kappa shape index (κ3) is 3.72. The second-order valence-electron chi connectivity index (χ2n) is 9.32. The molecule has 1 aliphatic carbocycles. The van der Waals surface area contributed by atoms with Crippen molar-refractivity contribution in [1.82, 2.24) is 24.8 Å². The summed E-state index contributed by atoms with van der Waals surface area (Å²) in [5.74, 6) is 1.57. The third-order valence-corrected chi connectivity index (χ3v) is 7.10. The number of aromatic nitrogens is 4. The van der Waals surface area contributed by atoms with Gasteiger partial charge in [0.05, 0.1) is 11.3 Å². The number of amides is 1. The summed E-state index contributed by atoms with van der Waals surface area (Å²) < 4.78 is 20.6. The second kappa shape index (κ2) is 7.83. The lowest BCUT2D eigenvalue weighted by Gasteiger charge is -2.40. The van der Waals surface area contributed by atoms with Crippen molar-refractivity contribution in [3.8, 4) is 11.5 Å². The van der Waals surface area contributed by atoms with Crippen molar-refractivity contribution in [2.45, 2.75) is 51.4 Å². The van der Waals surface area contributed by atoms with Crippen LogP contribution >= 0.6 is 0 Å². The topological polar surface area (TPSA) is 77.0 Å². The summed E-state index contributed by atoms with van der Waals surface area (Å²) in [5.41, 5.74) is 2.89. The summed E-state index contributed by atoms with van der Waals surface area (Å²) in [6.07, 6.45) is 5.09. The minimum absolute atomic E-state index is 0.0493. The first kappa shape index (κ1) is 20.8. The predicted molar refractivity (Wildman–Crippen MR) is 117 cm³/mol. The van der Waals surface area contributed by atoms with Gasteiger partial charge in [0.2, 0.25) is 0 Å². The molecule has 7 nitrogen and oxygen atoms in total. The van der Waals surface area contributed by atoms with Crippen LogP contribution in [0.1, 0.15) is 59.7 Å². The fourth-order valence-corrected chi connectivity index (χ4v) is 4.92. The van der Waals surface area contributed by atoms with E-state index in [0.717, 1.165) is 30.7 Å². The molecular weight excluding hydrogens is 409 g/mol. The smallest absolute Gasteiger partial charge is 0.257 e. The Morgan fingerprint density at radius 1 is 1.19 bits per heavy atom. The third-order valence-electron chi connectivity index (χ3n) is 7.10. The van der Waals surface area contributed by atoms with E-state index < -0.39 is 0 Å². The fraction of sp³-hybridized carbons (Fsp3) is 0.500. The zero-order chi connectivity index (χ0) is 22.5. The summed E-state index contributed by atoms with van der Waals surface area (Å²) in [4.78, 5) is 19.9. The Labute approximate surface area is 186 Å². The van der Waals surface area contributed by atoms with Crippen LogP contribution in [0.2, 0.25) is 0 Å². The van der Waals surface area contributed by atoms with Gasteiger partial charge in [-0.15, -0.1) is 0 Å². The molecule has 3 aromatic rings. The molecule has 32 heavy (non-hydrogen) atoms. The van der Waals surface area contributed by atoms with Gasteiger partial charge in [-0.25, -0.2) is 4.39 Å². The number of carbonyl (C=O) groups is 1. The lowest BCUT2D eigenvalue weighted by atomic mass is 9.73. The first-order chi connectivity index (χ1) is 15.4. The Morgan fingerprint density at radius 2 is 1.88 bits per heavy atom. The molecule has 2 aliphatic rings. The molecular formula is C24H28FN5O2. The molecule has 2 fully saturated rings. The number of aryl methyl sites for hydroxylation is 2. The molecule has 1 aromatic carbocycles. The van der Waals surface area contributed by atoms with Crippen molar-refractivity contribution >= 4 is 5.91 Å². The fourth-order valence-electron chi connectivity index (χ4n) is 4.92. The van der Waals surface area contributed by atoms with Crippen LogP contribution in [0, 0.1) is 25.6 Å². The number of rotatable bonds is 5. The molecule has 0 unspecified atom stereocenters. The molecule has 168 valence electrons. The van der Waals surface area contributed by atoms with Crippen molar-refractivity contribution in [1.29, 1.82) is 0 Å². The van der Waals surface area contributed by atoms with Crippen molar-refractivity contribution in [2.75, 3.05) is 13.1 Å². The van der Waals surface area contributed by atoms with Crippen molar-refractivity contribution in [3.63, 3.8) is 0 Å². The monoisotopic (exact) mass is 437 g/mol. The van der Waals surface area contributed by atoms with Crippen molar-refractivity contribution in [2.24, 2.45) is 13.0 Å². The minimum Gasteiger partial charge on any atom is -0.338 e. The average molecular weight is 438 g/mol. The lowest BCUT2D eigenvalue weighted by Crippen LogP contribution is -2.46. The zero-order valence-electron chi connectivity index (χ0n) is 18.8. The van der Waals surface area contributed by atoms with E-state index >= 15 is 0 Å². The Morgan fingerprint density at radius 3 is 2.47 bits per heavy atom. The van der Waals surface area contributed by atoms with E-state index in [4.69, 9.17) is 9.51 Å². The minimum atomic E-state index is -0.296. The van der Waals surface area contributed by atoms with Crippen LogP contribution in [0.3, 0.4) is 0 Å². The number of nitrogens with zero attached hydrogens (tertiary/aromatic N) is 5. The molecule has 1 aliphatic heterocycles. The van der Waals surface area contributed by atoms with Gasteiger partial charge in [0.25, 0.3) is 11.8 Å². The number of carbonyl (C=O) groups excluding carboxylic acids is 1. The number of likely N-dealkylation sites (tertiary alicyclic amines) is 1. The molecule has 8 heteroatoms. The molecule has 0 bridgehead atoms. The molecule has 0 spiro atoms. The summed E-state index contributed by atoms with van der Waals surface area (Å²) >= 11 is 0. The maximum Gasteiger partial charge on any atom is 0.257 e. The van der Waals surface area contributed by atoms with Crippen LogP contribution in [0.4, 0.5) is 4.39 Å². The second-order valence-corrected chi connectivity index (χ2v) is 9.32. The number of benzene rings is 1. The van der Waals surface area contributed by atoms with Gasteiger partial charge in [-0.3, -0.25) is 9.48 Å². The maximum atomic E-state index is 13.3. The summed E-state index contributed by atoms with van der Waals surface area (Å²) in [7, 11) is 1.87. The predicted octanol–water partition coefficient (Wildman–Crippen LogP) is 4.20. The SMILES string of the molecule is Cc1nn(C)c(C)c1C(=O)N1CCC(CC2CC2)(c2noc(-c3ccc(F)cc3)n2)CC1. The van der Waals surface area contributed by atoms with E-state index in [1.54, 1.807) is 16.8 Å². The molecule has 0 atom stereocenters. The van der Waals surface area contributed by atoms with Crippen LogP contribution in [0.25, 0.3) is 11.5 Å². The highest BCUT2D eigenvalue weighted by atomic mass is 19.1. The summed E-state index contributed by atoms with van der Waals surface area (Å²) in [6, 6.07) is 6.09. The molecule has 0 radical (unpaired) electrons. The van der Waals surface area contributed by atoms with Gasteiger partial charge >= 0.3 is 0 Å². The van der Waals surface area contributed by atoms with Crippen LogP contribution in [-0.2, 0) is 12.5 Å². The van der Waals surface area contributed by atoms with E-state index in [1.807, 2.05) is 25.8 Å². The Hall–Kier alpha value is -3.03. The molecule has 1 amide bonds. The maximum absolute atomic E-state index is 13.3. The molecule has 2 aromatic heterocycles. The molecule has 0 N–H and O–H groups in total. The van der Waals surface area contributed by atoms with Gasteiger partial charge < -0.3 is 9.42 Å². The zero-order valence-corrected chi connectivity index (χ0v) is 18.8. The van der Waals surface area contributed by atoms with Gasteiger partial charge in [-0.2, -0.15) is 10.1 Å². The molecule has 3 heterocycles. The normalized spacial score (nSPS) is 18.2. The van der Waals surface area contributed by atoms with E-state index in [-0.39, 0.29) is 17.1 Å².